The zero-order valence-corrected chi connectivity index (χ0v) is 29.7. The second kappa shape index (κ2) is 12.7. The van der Waals surface area contributed by atoms with Crippen LogP contribution in [0, 0.1) is 15.9 Å². The molecule has 2 aromatic heterocycles. The molecule has 1 aromatic carbocycles. The van der Waals surface area contributed by atoms with Crippen LogP contribution in [0.15, 0.2) is 36.8 Å². The smallest absolute Gasteiger partial charge is 0.415 e. The molecule has 258 valence electrons. The minimum atomic E-state index is -0.866. The first kappa shape index (κ1) is 33.7. The van der Waals surface area contributed by atoms with Gasteiger partial charge in [-0.15, -0.1) is 0 Å². The van der Waals surface area contributed by atoms with Gasteiger partial charge in [0.15, 0.2) is 9.76 Å². The lowest BCUT2D eigenvalue weighted by molar-refractivity contribution is -0.389. The van der Waals surface area contributed by atoms with Crippen LogP contribution in [-0.2, 0) is 15.7 Å². The predicted octanol–water partition coefficient (Wildman–Crippen LogP) is 4.17. The fraction of sp³-hybridized carbons (Fsp3) is 0.562. The summed E-state index contributed by atoms with van der Waals surface area (Å²) in [5, 5.41) is 11.1. The second-order valence-corrected chi connectivity index (χ2v) is 17.5. The first-order chi connectivity index (χ1) is 22.6. The van der Waals surface area contributed by atoms with Gasteiger partial charge in [-0.25, -0.2) is 19.2 Å². The van der Waals surface area contributed by atoms with E-state index in [-0.39, 0.29) is 23.4 Å². The summed E-state index contributed by atoms with van der Waals surface area (Å²) < 4.78 is 35.1. The third-order valence-corrected chi connectivity index (χ3v) is 10.6. The molecule has 2 atom stereocenters. The molecule has 2 unspecified atom stereocenters. The number of carbonyl (C=O) groups excluding carboxylic acids is 1. The van der Waals surface area contributed by atoms with Gasteiger partial charge in [-0.05, 0) is 55.4 Å². The molecule has 0 spiro atoms. The monoisotopic (exact) mass is 682 g/mol. The van der Waals surface area contributed by atoms with Crippen molar-refractivity contribution < 1.29 is 28.0 Å². The van der Waals surface area contributed by atoms with Crippen molar-refractivity contribution in [3.8, 4) is 17.1 Å². The van der Waals surface area contributed by atoms with E-state index in [4.69, 9.17) is 13.9 Å². The van der Waals surface area contributed by atoms with E-state index in [1.54, 1.807) is 29.1 Å². The van der Waals surface area contributed by atoms with Crippen molar-refractivity contribution in [2.24, 2.45) is 0 Å². The van der Waals surface area contributed by atoms with Gasteiger partial charge in [0.2, 0.25) is 5.95 Å². The fourth-order valence-electron chi connectivity index (χ4n) is 6.23. The number of benzene rings is 1. The Morgan fingerprint density at radius 2 is 1.90 bits per heavy atom. The Hall–Kier alpha value is -4.15. The summed E-state index contributed by atoms with van der Waals surface area (Å²) in [4.78, 5) is 42.3. The third kappa shape index (κ3) is 7.29. The molecule has 2 saturated heterocycles. The number of rotatable bonds is 9. The Balaban J connectivity index is 1.05. The molecule has 3 aliphatic heterocycles. The molecule has 1 amide bonds. The Kier molecular flexibility index (Phi) is 8.93. The summed E-state index contributed by atoms with van der Waals surface area (Å²) >= 11 is 0. The van der Waals surface area contributed by atoms with E-state index in [0.29, 0.717) is 42.4 Å². The average molecular weight is 683 g/mol. The number of hydrogen-bond acceptors (Lipinski definition) is 11. The van der Waals surface area contributed by atoms with Crippen molar-refractivity contribution >= 4 is 33.3 Å². The van der Waals surface area contributed by atoms with Gasteiger partial charge in [0, 0.05) is 61.2 Å². The van der Waals surface area contributed by atoms with Crippen LogP contribution in [0.3, 0.4) is 0 Å². The highest BCUT2D eigenvalue weighted by Gasteiger charge is 2.44. The molecule has 3 aliphatic rings. The van der Waals surface area contributed by atoms with E-state index < -0.39 is 43.9 Å². The van der Waals surface area contributed by atoms with Crippen LogP contribution in [0.5, 0.6) is 6.01 Å². The van der Waals surface area contributed by atoms with Gasteiger partial charge in [0.1, 0.15) is 23.7 Å². The Labute approximate surface area is 281 Å². The number of anilines is 2. The number of amides is 1. The molecule has 6 rings (SSSR count). The highest BCUT2D eigenvalue weighted by atomic mass is 28.2. The van der Waals surface area contributed by atoms with Gasteiger partial charge in [0.05, 0.1) is 24.4 Å². The molecule has 0 bridgehead atoms. The van der Waals surface area contributed by atoms with Gasteiger partial charge in [-0.1, -0.05) is 20.8 Å². The number of aromatic nitrogens is 4. The molecule has 16 heteroatoms. The SMILES string of the molecule is CC1(CN2CCCN(c3ncc(-c4ccc(N5CC(C(C)(C)O[SiH2]C(C)(C)C)OC5=O)cc4F)cn3)CC2)Cn2cc([N+](=O)[O-])nc2O1. The number of imidazole rings is 1. The summed E-state index contributed by atoms with van der Waals surface area (Å²) in [5.74, 6) is -0.132. The van der Waals surface area contributed by atoms with Crippen LogP contribution in [0.25, 0.3) is 11.1 Å². The fourth-order valence-corrected chi connectivity index (χ4v) is 7.22. The van der Waals surface area contributed by atoms with Gasteiger partial charge >= 0.3 is 17.9 Å². The normalized spacial score (nSPS) is 22.2. The van der Waals surface area contributed by atoms with Crippen molar-refractivity contribution in [1.82, 2.24) is 24.4 Å². The van der Waals surface area contributed by atoms with Crippen molar-refractivity contribution in [3.63, 3.8) is 0 Å². The van der Waals surface area contributed by atoms with Crippen molar-refractivity contribution in [2.75, 3.05) is 49.1 Å². The van der Waals surface area contributed by atoms with E-state index in [9.17, 15) is 14.9 Å². The maximum atomic E-state index is 15.5. The van der Waals surface area contributed by atoms with Gasteiger partial charge in [-0.2, -0.15) is 0 Å². The van der Waals surface area contributed by atoms with E-state index in [1.807, 2.05) is 20.8 Å². The summed E-state index contributed by atoms with van der Waals surface area (Å²) in [5.41, 5.74) is 0.105. The lowest BCUT2D eigenvalue weighted by Gasteiger charge is -2.33. The molecule has 48 heavy (non-hydrogen) atoms. The average Bonchev–Trinajstić information content (AvgIpc) is 3.62. The van der Waals surface area contributed by atoms with Crippen molar-refractivity contribution in [2.45, 2.75) is 76.9 Å². The highest BCUT2D eigenvalue weighted by molar-refractivity contribution is 6.31. The summed E-state index contributed by atoms with van der Waals surface area (Å²) in [6, 6.07) is 4.96. The number of nitro groups is 1. The molecule has 2 fully saturated rings. The highest BCUT2D eigenvalue weighted by Crippen LogP contribution is 2.34. The number of hydrogen-bond donors (Lipinski definition) is 0. The lowest BCUT2D eigenvalue weighted by atomic mass is 10.0. The molecule has 0 aliphatic carbocycles. The number of nitrogens with zero attached hydrogens (tertiary/aromatic N) is 8. The van der Waals surface area contributed by atoms with E-state index in [1.165, 1.54) is 17.2 Å². The molecule has 3 aromatic rings. The molecule has 0 N–H and O–H groups in total. The van der Waals surface area contributed by atoms with E-state index >= 15 is 4.39 Å². The van der Waals surface area contributed by atoms with Crippen LogP contribution >= 0.6 is 0 Å². The van der Waals surface area contributed by atoms with E-state index in [2.05, 4.69) is 45.5 Å². The number of cyclic esters (lactones) is 1. The number of halogens is 1. The Bertz CT molecular complexity index is 1660. The molecular formula is C32H43FN8O6Si. The minimum Gasteiger partial charge on any atom is -0.441 e. The molecule has 0 radical (unpaired) electrons. The minimum absolute atomic E-state index is 0.0996. The van der Waals surface area contributed by atoms with Gasteiger partial charge < -0.3 is 28.9 Å². The van der Waals surface area contributed by atoms with Crippen LogP contribution in [0.2, 0.25) is 5.04 Å². The molecule has 14 nitrogen and oxygen atoms in total. The second-order valence-electron chi connectivity index (χ2n) is 14.8. The first-order valence-electron chi connectivity index (χ1n) is 16.2. The molecular weight excluding hydrogens is 639 g/mol. The quantitative estimate of drug-likeness (QED) is 0.182. The zero-order chi connectivity index (χ0) is 34.4. The Morgan fingerprint density at radius 1 is 1.15 bits per heavy atom. The number of ether oxygens (including phenoxy) is 2. The van der Waals surface area contributed by atoms with Crippen LogP contribution in [0.1, 0.15) is 48.0 Å². The standard InChI is InChI=1S/C32H43FN8O6Si/c1-30(2,3)48-47-31(4,5)25-17-40(29(42)45-25)22-8-9-23(24(33)14-22)21-15-34-27(35-16-21)38-11-7-10-37(12-13-38)19-32(6)20-39-18-26(41(43)44)36-28(39)46-32/h8-9,14-16,18,25H,7,10-13,17,19-20,48H2,1-6H3. The van der Waals surface area contributed by atoms with Crippen LogP contribution < -0.4 is 14.5 Å². The largest absolute Gasteiger partial charge is 0.441 e. The Morgan fingerprint density at radius 3 is 2.56 bits per heavy atom. The molecule has 5 heterocycles. The summed E-state index contributed by atoms with van der Waals surface area (Å²) in [7, 11) is -0.866. The van der Waals surface area contributed by atoms with Gasteiger partial charge in [-0.3, -0.25) is 14.4 Å². The van der Waals surface area contributed by atoms with Crippen LogP contribution in [0.4, 0.5) is 26.6 Å². The summed E-state index contributed by atoms with van der Waals surface area (Å²) in [6.07, 6.45) is 4.55. The summed E-state index contributed by atoms with van der Waals surface area (Å²) in [6.45, 7) is 16.7. The number of carbonyl (C=O) groups is 1. The number of fused-ring (bicyclic) bond motifs is 1. The topological polar surface area (TPSA) is 141 Å². The van der Waals surface area contributed by atoms with Crippen molar-refractivity contribution in [3.05, 3.63) is 52.7 Å². The zero-order valence-electron chi connectivity index (χ0n) is 28.3. The molecule has 0 saturated carbocycles. The maximum Gasteiger partial charge on any atom is 0.415 e. The van der Waals surface area contributed by atoms with Crippen molar-refractivity contribution in [1.29, 1.82) is 0 Å². The van der Waals surface area contributed by atoms with E-state index in [0.717, 1.165) is 26.1 Å². The lowest BCUT2D eigenvalue weighted by Crippen LogP contribution is -2.46. The van der Waals surface area contributed by atoms with Gasteiger partial charge in [0.25, 0.3) is 0 Å². The van der Waals surface area contributed by atoms with Crippen LogP contribution in [-0.4, -0.2) is 102 Å². The first-order valence-corrected chi connectivity index (χ1v) is 17.5. The maximum absolute atomic E-state index is 15.5. The third-order valence-electron chi connectivity index (χ3n) is 8.86. The predicted molar refractivity (Wildman–Crippen MR) is 180 cm³/mol.